The molecule has 2 amide bonds. The number of nitrogens with zero attached hydrogens (tertiary/aromatic N) is 5. The third kappa shape index (κ3) is 6.90. The summed E-state index contributed by atoms with van der Waals surface area (Å²) >= 11 is 0. The van der Waals surface area contributed by atoms with Crippen molar-refractivity contribution in [2.24, 2.45) is 10.3 Å². The topological polar surface area (TPSA) is 160 Å². The highest BCUT2D eigenvalue weighted by molar-refractivity contribution is 7.93. The molecule has 0 radical (unpaired) electrons. The van der Waals surface area contributed by atoms with Crippen LogP contribution in [0.2, 0.25) is 0 Å². The van der Waals surface area contributed by atoms with E-state index < -0.39 is 22.6 Å². The van der Waals surface area contributed by atoms with E-state index >= 15 is 0 Å². The zero-order chi connectivity index (χ0) is 28.9. The first-order valence-corrected chi connectivity index (χ1v) is 13.7. The van der Waals surface area contributed by atoms with Gasteiger partial charge in [0.15, 0.2) is 11.5 Å². The van der Waals surface area contributed by atoms with Crippen molar-refractivity contribution in [1.29, 1.82) is 0 Å². The second-order valence-electron chi connectivity index (χ2n) is 8.64. The molecule has 13 nitrogen and oxygen atoms in total. The summed E-state index contributed by atoms with van der Waals surface area (Å²) in [5.41, 5.74) is -0.376. The highest BCUT2D eigenvalue weighted by atomic mass is 32.2. The third-order valence-electron chi connectivity index (χ3n) is 5.94. The maximum Gasteiger partial charge on any atom is 0.273 e. The van der Waals surface area contributed by atoms with Crippen molar-refractivity contribution in [2.45, 2.75) is 17.7 Å². The summed E-state index contributed by atoms with van der Waals surface area (Å²) in [6.07, 6.45) is 4.40. The Morgan fingerprint density at radius 3 is 2.78 bits per heavy atom. The number of ether oxygens (including phenoxy) is 2. The predicted octanol–water partition coefficient (Wildman–Crippen LogP) is 1.12. The molecule has 3 N–H and O–H groups in total. The zero-order valence-electron chi connectivity index (χ0n) is 23.7. The van der Waals surface area contributed by atoms with Gasteiger partial charge in [0.1, 0.15) is 18.2 Å². The van der Waals surface area contributed by atoms with Crippen LogP contribution in [0.25, 0.3) is 0 Å². The quantitative estimate of drug-likeness (QED) is 0.402. The normalized spacial score (nSPS) is 18.9. The second-order valence-corrected chi connectivity index (χ2v) is 11.0. The van der Waals surface area contributed by atoms with E-state index in [1.54, 1.807) is 6.07 Å². The largest absolute Gasteiger partial charge is 0.491 e. The Balaban J connectivity index is 1.62. The summed E-state index contributed by atoms with van der Waals surface area (Å²) < 4.78 is 50.7. The van der Waals surface area contributed by atoms with Crippen molar-refractivity contribution in [1.82, 2.24) is 25.4 Å². The van der Waals surface area contributed by atoms with Gasteiger partial charge in [-0.15, -0.1) is 10.2 Å². The minimum Gasteiger partial charge on any atom is -0.491 e. The van der Waals surface area contributed by atoms with Gasteiger partial charge >= 0.3 is 0 Å². The Labute approximate surface area is 220 Å². The SMILES string of the molecule is [2H]C([2H])([2H])NC(=O)c1nnc(NC(=O)C2CC2)cc1Nc1ncc(OCCN2CCOCC2)cc1S(C)(=O)=NC. The Hall–Kier alpha value is -3.36. The maximum absolute atomic E-state index is 13.4. The van der Waals surface area contributed by atoms with E-state index in [2.05, 4.69) is 35.1 Å². The van der Waals surface area contributed by atoms with Gasteiger partial charge in [-0.2, -0.15) is 0 Å². The molecular weight excluding hydrogens is 500 g/mol. The lowest BCUT2D eigenvalue weighted by Gasteiger charge is -2.26. The molecule has 2 aromatic rings. The van der Waals surface area contributed by atoms with Crippen LogP contribution in [0.5, 0.6) is 5.75 Å². The molecule has 4 rings (SSSR count). The molecule has 1 saturated carbocycles. The van der Waals surface area contributed by atoms with Gasteiger partial charge < -0.3 is 25.4 Å². The smallest absolute Gasteiger partial charge is 0.273 e. The Kier molecular flexibility index (Phi) is 7.27. The van der Waals surface area contributed by atoms with Gasteiger partial charge in [0.25, 0.3) is 5.91 Å². The predicted molar refractivity (Wildman–Crippen MR) is 138 cm³/mol. The zero-order valence-corrected chi connectivity index (χ0v) is 21.5. The molecule has 1 aliphatic carbocycles. The van der Waals surface area contributed by atoms with Gasteiger partial charge in [0.2, 0.25) is 5.91 Å². The summed E-state index contributed by atoms with van der Waals surface area (Å²) in [5.74, 6) is -0.883. The number of pyridine rings is 1. The molecule has 0 spiro atoms. The second kappa shape index (κ2) is 11.8. The molecule has 1 atom stereocenters. The molecule has 2 aromatic heterocycles. The van der Waals surface area contributed by atoms with Crippen molar-refractivity contribution >= 4 is 38.9 Å². The van der Waals surface area contributed by atoms with E-state index in [1.165, 1.54) is 25.6 Å². The van der Waals surface area contributed by atoms with Crippen molar-refractivity contribution < 1.29 is 27.4 Å². The van der Waals surface area contributed by atoms with Crippen molar-refractivity contribution in [3.8, 4) is 5.75 Å². The molecule has 3 heterocycles. The van der Waals surface area contributed by atoms with Crippen molar-refractivity contribution in [3.63, 3.8) is 0 Å². The first kappa shape index (κ1) is 22.8. The molecule has 200 valence electrons. The summed E-state index contributed by atoms with van der Waals surface area (Å²) in [5, 5.41) is 15.1. The number of amides is 2. The number of anilines is 3. The lowest BCUT2D eigenvalue weighted by molar-refractivity contribution is -0.117. The molecule has 14 heteroatoms. The number of morpholine rings is 1. The summed E-state index contributed by atoms with van der Waals surface area (Å²) in [6, 6.07) is 2.89. The van der Waals surface area contributed by atoms with Crippen LogP contribution in [-0.2, 0) is 19.3 Å². The van der Waals surface area contributed by atoms with E-state index in [0.29, 0.717) is 32.1 Å². The van der Waals surface area contributed by atoms with Crippen LogP contribution in [0.3, 0.4) is 0 Å². The van der Waals surface area contributed by atoms with Crippen LogP contribution in [0.1, 0.15) is 27.4 Å². The van der Waals surface area contributed by atoms with Gasteiger partial charge in [-0.3, -0.25) is 14.5 Å². The number of carbonyl (C=O) groups excluding carboxylic acids is 2. The van der Waals surface area contributed by atoms with Crippen molar-refractivity contribution in [3.05, 3.63) is 24.0 Å². The molecular formula is C23H32N8O5S. The van der Waals surface area contributed by atoms with Crippen LogP contribution in [0.15, 0.2) is 27.6 Å². The molecule has 1 unspecified atom stereocenters. The third-order valence-corrected chi connectivity index (χ3v) is 7.76. The summed E-state index contributed by atoms with van der Waals surface area (Å²) in [6.45, 7) is 1.24. The molecule has 1 saturated heterocycles. The molecule has 37 heavy (non-hydrogen) atoms. The van der Waals surface area contributed by atoms with Gasteiger partial charge in [-0.25, -0.2) is 13.6 Å². The van der Waals surface area contributed by atoms with Gasteiger partial charge in [0, 0.05) is 62.1 Å². The molecule has 2 fully saturated rings. The molecule has 0 aromatic carbocycles. The van der Waals surface area contributed by atoms with E-state index in [1.807, 2.05) is 5.32 Å². The average molecular weight is 536 g/mol. The fraction of sp³-hybridized carbons (Fsp3) is 0.522. The van der Waals surface area contributed by atoms with E-state index in [9.17, 15) is 13.8 Å². The van der Waals surface area contributed by atoms with Crippen LogP contribution < -0.4 is 20.7 Å². The molecule has 2 aliphatic rings. The summed E-state index contributed by atoms with van der Waals surface area (Å²) in [4.78, 5) is 31.8. The van der Waals surface area contributed by atoms with Crippen LogP contribution >= 0.6 is 0 Å². The minimum atomic E-state index is -2.96. The van der Waals surface area contributed by atoms with E-state index in [0.717, 1.165) is 25.9 Å². The lowest BCUT2D eigenvalue weighted by Crippen LogP contribution is -2.38. The van der Waals surface area contributed by atoms with Crippen LogP contribution in [0.4, 0.5) is 17.3 Å². The number of hydrogen-bond acceptors (Lipinski definition) is 11. The fourth-order valence-electron chi connectivity index (χ4n) is 3.58. The fourth-order valence-corrected chi connectivity index (χ4v) is 4.57. The monoisotopic (exact) mass is 535 g/mol. The summed E-state index contributed by atoms with van der Waals surface area (Å²) in [7, 11) is -1.55. The Bertz CT molecular complexity index is 1370. The number of hydrogen-bond donors (Lipinski definition) is 3. The van der Waals surface area contributed by atoms with Gasteiger partial charge in [-0.1, -0.05) is 0 Å². The highest BCUT2D eigenvalue weighted by Gasteiger charge is 2.30. The van der Waals surface area contributed by atoms with Gasteiger partial charge in [-0.05, 0) is 12.8 Å². The van der Waals surface area contributed by atoms with Crippen LogP contribution in [-0.4, -0.2) is 95.8 Å². The standard InChI is InChI=1S/C23H32N8O5S/c1-24-23(33)20-17(13-19(29-30-20)28-22(32)15-4-5-15)27-21-18(37(3,34)25-2)12-16(14-26-21)36-11-8-31-6-9-35-10-7-31/h12-15H,4-11H2,1-3H3,(H,24,33)(H2,26,27,28,29,32)/i1D3. The van der Waals surface area contributed by atoms with E-state index in [-0.39, 0.29) is 39.7 Å². The number of nitrogens with one attached hydrogen (secondary N) is 3. The number of carbonyl (C=O) groups is 2. The molecule has 0 bridgehead atoms. The van der Waals surface area contributed by atoms with Crippen molar-refractivity contribution in [2.75, 3.05) is 70.4 Å². The maximum atomic E-state index is 13.4. The van der Waals surface area contributed by atoms with E-state index in [4.69, 9.17) is 13.6 Å². The average Bonchev–Trinajstić information content (AvgIpc) is 3.75. The Morgan fingerprint density at radius 1 is 1.30 bits per heavy atom. The van der Waals surface area contributed by atoms with Crippen LogP contribution in [0, 0.1) is 5.92 Å². The first-order chi connectivity index (χ1) is 18.9. The highest BCUT2D eigenvalue weighted by Crippen LogP contribution is 2.32. The lowest BCUT2D eigenvalue weighted by atomic mass is 10.2. The first-order valence-electron chi connectivity index (χ1n) is 13.3. The number of rotatable bonds is 10. The molecule has 1 aliphatic heterocycles. The Morgan fingerprint density at radius 2 is 2.08 bits per heavy atom. The van der Waals surface area contributed by atoms with Gasteiger partial charge in [0.05, 0.1) is 39.7 Å². The number of aromatic nitrogens is 3. The minimum absolute atomic E-state index is 0.0103.